The molecule has 1 fully saturated rings. The first-order valence-corrected chi connectivity index (χ1v) is 6.13. The summed E-state index contributed by atoms with van der Waals surface area (Å²) in [5, 5.41) is 11.4. The zero-order chi connectivity index (χ0) is 12.4. The van der Waals surface area contributed by atoms with E-state index in [0.29, 0.717) is 30.1 Å². The normalized spacial score (nSPS) is 21.3. The van der Waals surface area contributed by atoms with E-state index < -0.39 is 0 Å². The Morgan fingerprint density at radius 1 is 1.50 bits per heavy atom. The molecule has 6 nitrogen and oxygen atoms in total. The Bertz CT molecular complexity index is 494. The molecular weight excluding hydrogens is 232 g/mol. The van der Waals surface area contributed by atoms with Gasteiger partial charge in [-0.15, -0.1) is 10.2 Å². The first kappa shape index (κ1) is 11.4. The van der Waals surface area contributed by atoms with E-state index in [4.69, 9.17) is 8.83 Å². The first-order chi connectivity index (χ1) is 8.81. The predicted molar refractivity (Wildman–Crippen MR) is 64.7 cm³/mol. The average molecular weight is 248 g/mol. The van der Waals surface area contributed by atoms with Crippen LogP contribution in [0.2, 0.25) is 0 Å². The average Bonchev–Trinajstić information content (AvgIpc) is 2.98. The fourth-order valence-corrected chi connectivity index (χ4v) is 2.16. The number of nitrogens with one attached hydrogen (secondary N) is 1. The van der Waals surface area contributed by atoms with E-state index in [2.05, 4.69) is 27.3 Å². The van der Waals surface area contributed by atoms with Crippen LogP contribution in [0.3, 0.4) is 0 Å². The number of hydrogen-bond acceptors (Lipinski definition) is 6. The van der Waals surface area contributed by atoms with E-state index in [1.807, 2.05) is 6.07 Å². The van der Waals surface area contributed by atoms with E-state index in [0.717, 1.165) is 19.6 Å². The van der Waals surface area contributed by atoms with Crippen molar-refractivity contribution in [1.29, 1.82) is 0 Å². The molecule has 3 heterocycles. The quantitative estimate of drug-likeness (QED) is 0.878. The Hall–Kier alpha value is -1.66. The summed E-state index contributed by atoms with van der Waals surface area (Å²) in [5.41, 5.74) is 0. The van der Waals surface area contributed by atoms with Gasteiger partial charge in [0.25, 0.3) is 5.89 Å². The van der Waals surface area contributed by atoms with Gasteiger partial charge in [0.15, 0.2) is 5.76 Å². The van der Waals surface area contributed by atoms with Crippen molar-refractivity contribution < 1.29 is 8.83 Å². The van der Waals surface area contributed by atoms with Gasteiger partial charge in [-0.25, -0.2) is 0 Å². The van der Waals surface area contributed by atoms with Gasteiger partial charge in [-0.2, -0.15) is 0 Å². The molecule has 1 N–H and O–H groups in total. The van der Waals surface area contributed by atoms with E-state index in [1.165, 1.54) is 0 Å². The van der Waals surface area contributed by atoms with Gasteiger partial charge in [-0.3, -0.25) is 4.90 Å². The summed E-state index contributed by atoms with van der Waals surface area (Å²) in [6.07, 6.45) is 1.59. The lowest BCUT2D eigenvalue weighted by molar-refractivity contribution is 0.184. The van der Waals surface area contributed by atoms with E-state index >= 15 is 0 Å². The minimum absolute atomic E-state index is 0.443. The molecule has 0 radical (unpaired) electrons. The number of aromatic nitrogens is 2. The second-order valence-corrected chi connectivity index (χ2v) is 4.57. The summed E-state index contributed by atoms with van der Waals surface area (Å²) in [5.74, 6) is 1.69. The van der Waals surface area contributed by atoms with Crippen LogP contribution in [0.1, 0.15) is 12.8 Å². The molecule has 0 bridgehead atoms. The van der Waals surface area contributed by atoms with Crippen LogP contribution in [0.25, 0.3) is 11.7 Å². The van der Waals surface area contributed by atoms with Crippen molar-refractivity contribution in [1.82, 2.24) is 20.4 Å². The highest BCUT2D eigenvalue weighted by Crippen LogP contribution is 2.18. The van der Waals surface area contributed by atoms with E-state index in [9.17, 15) is 0 Å². The lowest BCUT2D eigenvalue weighted by atomic mass is 10.2. The van der Waals surface area contributed by atoms with Crippen LogP contribution < -0.4 is 5.32 Å². The van der Waals surface area contributed by atoms with Gasteiger partial charge in [-0.05, 0) is 19.1 Å². The van der Waals surface area contributed by atoms with Crippen molar-refractivity contribution in [2.45, 2.75) is 19.5 Å². The van der Waals surface area contributed by atoms with E-state index in [-0.39, 0.29) is 0 Å². The van der Waals surface area contributed by atoms with Crippen molar-refractivity contribution in [2.24, 2.45) is 0 Å². The van der Waals surface area contributed by atoms with E-state index in [1.54, 1.807) is 12.3 Å². The van der Waals surface area contributed by atoms with Crippen LogP contribution in [0.5, 0.6) is 0 Å². The molecule has 1 aliphatic rings. The number of hydrogen-bond donors (Lipinski definition) is 1. The van der Waals surface area contributed by atoms with Gasteiger partial charge in [0.05, 0.1) is 12.8 Å². The summed E-state index contributed by atoms with van der Waals surface area (Å²) >= 11 is 0. The van der Waals surface area contributed by atoms with Crippen molar-refractivity contribution in [3.63, 3.8) is 0 Å². The third kappa shape index (κ3) is 2.44. The molecule has 3 rings (SSSR count). The second-order valence-electron chi connectivity index (χ2n) is 4.57. The summed E-state index contributed by atoms with van der Waals surface area (Å²) in [6.45, 7) is 5.87. The zero-order valence-electron chi connectivity index (χ0n) is 10.3. The number of piperazine rings is 1. The molecule has 1 saturated heterocycles. The smallest absolute Gasteiger partial charge is 0.283 e. The van der Waals surface area contributed by atoms with Crippen LogP contribution in [0.4, 0.5) is 0 Å². The highest BCUT2D eigenvalue weighted by molar-refractivity contribution is 5.42. The van der Waals surface area contributed by atoms with Gasteiger partial charge in [0.1, 0.15) is 0 Å². The van der Waals surface area contributed by atoms with Gasteiger partial charge in [-0.1, -0.05) is 0 Å². The SMILES string of the molecule is C[C@@H]1CN(Cc2nnc(-c3ccco3)o2)CCN1. The molecule has 6 heteroatoms. The van der Waals surface area contributed by atoms with Crippen LogP contribution >= 0.6 is 0 Å². The summed E-state index contributed by atoms with van der Waals surface area (Å²) in [4.78, 5) is 2.31. The first-order valence-electron chi connectivity index (χ1n) is 6.13. The number of nitrogens with zero attached hydrogens (tertiary/aromatic N) is 3. The Balaban J connectivity index is 1.66. The highest BCUT2D eigenvalue weighted by Gasteiger charge is 2.18. The molecule has 18 heavy (non-hydrogen) atoms. The zero-order valence-corrected chi connectivity index (χ0v) is 10.3. The van der Waals surface area contributed by atoms with Gasteiger partial charge < -0.3 is 14.2 Å². The largest absolute Gasteiger partial charge is 0.459 e. The van der Waals surface area contributed by atoms with Gasteiger partial charge >= 0.3 is 0 Å². The van der Waals surface area contributed by atoms with Crippen LogP contribution in [-0.2, 0) is 6.54 Å². The maximum atomic E-state index is 5.59. The van der Waals surface area contributed by atoms with Crippen LogP contribution in [0.15, 0.2) is 27.2 Å². The second kappa shape index (κ2) is 4.91. The molecule has 2 aromatic rings. The fraction of sp³-hybridized carbons (Fsp3) is 0.500. The van der Waals surface area contributed by atoms with Crippen molar-refractivity contribution in [2.75, 3.05) is 19.6 Å². The molecule has 0 aromatic carbocycles. The Morgan fingerprint density at radius 3 is 3.22 bits per heavy atom. The topological polar surface area (TPSA) is 67.3 Å². The lowest BCUT2D eigenvalue weighted by Crippen LogP contribution is -2.48. The summed E-state index contributed by atoms with van der Waals surface area (Å²) < 4.78 is 10.8. The van der Waals surface area contributed by atoms with Gasteiger partial charge in [0, 0.05) is 25.7 Å². The minimum Gasteiger partial charge on any atom is -0.459 e. The fourth-order valence-electron chi connectivity index (χ4n) is 2.16. The maximum Gasteiger partial charge on any atom is 0.283 e. The lowest BCUT2D eigenvalue weighted by Gasteiger charge is -2.30. The molecule has 0 saturated carbocycles. The number of rotatable bonds is 3. The van der Waals surface area contributed by atoms with Crippen molar-refractivity contribution in [3.8, 4) is 11.7 Å². The number of furan rings is 1. The standard InChI is InChI=1S/C12H16N4O2/c1-9-7-16(5-4-13-9)8-11-14-15-12(18-11)10-3-2-6-17-10/h2-3,6,9,13H,4-5,7-8H2,1H3/t9-/m1/s1. The predicted octanol–water partition coefficient (Wildman–Crippen LogP) is 1.12. The molecule has 0 aliphatic carbocycles. The summed E-state index contributed by atoms with van der Waals surface area (Å²) in [7, 11) is 0. The Labute approximate surface area is 105 Å². The molecule has 2 aromatic heterocycles. The Kier molecular flexibility index (Phi) is 3.12. The van der Waals surface area contributed by atoms with Crippen LogP contribution in [0, 0.1) is 0 Å². The molecular formula is C12H16N4O2. The molecule has 1 aliphatic heterocycles. The Morgan fingerprint density at radius 2 is 2.44 bits per heavy atom. The monoisotopic (exact) mass is 248 g/mol. The molecule has 0 unspecified atom stereocenters. The maximum absolute atomic E-state index is 5.59. The summed E-state index contributed by atoms with van der Waals surface area (Å²) in [6, 6.07) is 4.12. The molecule has 96 valence electrons. The molecule has 0 amide bonds. The van der Waals surface area contributed by atoms with Crippen molar-refractivity contribution in [3.05, 3.63) is 24.3 Å². The minimum atomic E-state index is 0.443. The van der Waals surface area contributed by atoms with Crippen molar-refractivity contribution >= 4 is 0 Å². The third-order valence-corrected chi connectivity index (χ3v) is 3.01. The van der Waals surface area contributed by atoms with Crippen LogP contribution in [-0.4, -0.2) is 40.8 Å². The van der Waals surface area contributed by atoms with Gasteiger partial charge in [0.2, 0.25) is 5.89 Å². The third-order valence-electron chi connectivity index (χ3n) is 3.01. The molecule has 1 atom stereocenters. The highest BCUT2D eigenvalue weighted by atomic mass is 16.4. The molecule has 0 spiro atoms.